The molecule has 0 spiro atoms. The second kappa shape index (κ2) is 8.90. The van der Waals surface area contributed by atoms with Crippen LogP contribution in [0.15, 0.2) is 48.5 Å². The summed E-state index contributed by atoms with van der Waals surface area (Å²) in [6.45, 7) is 0.614. The van der Waals surface area contributed by atoms with Crippen LogP contribution >= 0.6 is 11.6 Å². The fourth-order valence-corrected chi connectivity index (χ4v) is 2.24. The highest BCUT2D eigenvalue weighted by Crippen LogP contribution is 2.14. The van der Waals surface area contributed by atoms with Gasteiger partial charge in [-0.05, 0) is 55.0 Å². The Kier molecular flexibility index (Phi) is 6.60. The molecule has 4 N–H and O–H groups in total. The van der Waals surface area contributed by atoms with Gasteiger partial charge in [0.1, 0.15) is 6.29 Å². The summed E-state index contributed by atoms with van der Waals surface area (Å²) in [5, 5.41) is 15.5. The van der Waals surface area contributed by atoms with Crippen molar-refractivity contribution in [3.8, 4) is 0 Å². The molecule has 0 aliphatic carbocycles. The summed E-state index contributed by atoms with van der Waals surface area (Å²) >= 11 is 5.83. The second-order valence-corrected chi connectivity index (χ2v) is 5.56. The summed E-state index contributed by atoms with van der Waals surface area (Å²) in [6.07, 6.45) is 1.43. The Bertz CT molecular complexity index is 674. The van der Waals surface area contributed by atoms with Crippen molar-refractivity contribution in [2.75, 3.05) is 17.2 Å². The summed E-state index contributed by atoms with van der Waals surface area (Å²) in [7, 11) is 0. The smallest absolute Gasteiger partial charge is 0.274 e. The van der Waals surface area contributed by atoms with Gasteiger partial charge in [0.25, 0.3) is 5.91 Å². The summed E-state index contributed by atoms with van der Waals surface area (Å²) in [5.41, 5.74) is 3.55. The van der Waals surface area contributed by atoms with E-state index in [9.17, 15) is 9.59 Å². The van der Waals surface area contributed by atoms with E-state index in [-0.39, 0.29) is 6.04 Å². The van der Waals surface area contributed by atoms with E-state index in [1.807, 2.05) is 12.1 Å². The van der Waals surface area contributed by atoms with E-state index in [0.717, 1.165) is 12.0 Å². The molecular formula is C17H18ClN3O3. The fourth-order valence-electron chi connectivity index (χ4n) is 2.11. The van der Waals surface area contributed by atoms with Gasteiger partial charge in [-0.15, -0.1) is 0 Å². The molecule has 0 saturated carbocycles. The quantitative estimate of drug-likeness (QED) is 0.335. The molecule has 0 bridgehead atoms. The lowest BCUT2D eigenvalue weighted by Gasteiger charge is -2.15. The van der Waals surface area contributed by atoms with Gasteiger partial charge in [0.05, 0.1) is 6.04 Å². The van der Waals surface area contributed by atoms with Gasteiger partial charge in [0.2, 0.25) is 0 Å². The number of amides is 1. The van der Waals surface area contributed by atoms with Crippen molar-refractivity contribution in [1.29, 1.82) is 0 Å². The maximum atomic E-state index is 11.2. The number of aldehydes is 1. The van der Waals surface area contributed by atoms with Gasteiger partial charge in [-0.3, -0.25) is 10.0 Å². The maximum Gasteiger partial charge on any atom is 0.274 e. The number of hydroxylamine groups is 1. The Morgan fingerprint density at radius 1 is 1.08 bits per heavy atom. The van der Waals surface area contributed by atoms with Gasteiger partial charge in [-0.1, -0.05) is 11.6 Å². The van der Waals surface area contributed by atoms with Gasteiger partial charge < -0.3 is 15.4 Å². The Morgan fingerprint density at radius 2 is 1.71 bits per heavy atom. The van der Waals surface area contributed by atoms with E-state index in [1.54, 1.807) is 41.9 Å². The van der Waals surface area contributed by atoms with Crippen molar-refractivity contribution in [3.05, 3.63) is 59.1 Å². The standard InChI is InChI=1S/C17H18ClN3O3/c18-13-3-7-14(8-4-13)19-10-9-16(11-22)20-15-5-1-12(2-6-15)17(23)21-24/h1-8,11,16,19-20,24H,9-10H2,(H,21,23). The maximum absolute atomic E-state index is 11.2. The van der Waals surface area contributed by atoms with Crippen LogP contribution in [0, 0.1) is 0 Å². The molecule has 7 heteroatoms. The van der Waals surface area contributed by atoms with Crippen molar-refractivity contribution in [2.24, 2.45) is 0 Å². The van der Waals surface area contributed by atoms with Crippen molar-refractivity contribution in [3.63, 3.8) is 0 Å². The minimum atomic E-state index is -0.583. The first kappa shape index (κ1) is 17.8. The Hall–Kier alpha value is -2.57. The van der Waals surface area contributed by atoms with Gasteiger partial charge in [0, 0.05) is 28.5 Å². The summed E-state index contributed by atoms with van der Waals surface area (Å²) < 4.78 is 0. The molecule has 1 atom stereocenters. The first-order valence-corrected chi connectivity index (χ1v) is 7.76. The zero-order chi connectivity index (χ0) is 17.4. The molecule has 0 aliphatic heterocycles. The number of nitrogens with one attached hydrogen (secondary N) is 3. The van der Waals surface area contributed by atoms with E-state index in [2.05, 4.69) is 10.6 Å². The molecule has 2 aromatic carbocycles. The molecule has 0 aliphatic rings. The number of halogens is 1. The molecule has 126 valence electrons. The van der Waals surface area contributed by atoms with Crippen molar-refractivity contribution >= 4 is 35.2 Å². The van der Waals surface area contributed by atoms with Crippen LogP contribution in [-0.2, 0) is 4.79 Å². The monoisotopic (exact) mass is 347 g/mol. The molecule has 0 saturated heterocycles. The van der Waals surface area contributed by atoms with Crippen LogP contribution in [0.4, 0.5) is 11.4 Å². The first-order chi connectivity index (χ1) is 11.6. The normalized spacial score (nSPS) is 11.4. The van der Waals surface area contributed by atoms with E-state index in [4.69, 9.17) is 16.8 Å². The Labute approximate surface area is 144 Å². The van der Waals surface area contributed by atoms with E-state index >= 15 is 0 Å². The average Bonchev–Trinajstić information content (AvgIpc) is 2.62. The Morgan fingerprint density at radius 3 is 2.29 bits per heavy atom. The third kappa shape index (κ3) is 5.26. The molecular weight excluding hydrogens is 330 g/mol. The van der Waals surface area contributed by atoms with Crippen molar-refractivity contribution in [1.82, 2.24) is 5.48 Å². The summed E-state index contributed by atoms with van der Waals surface area (Å²) in [5.74, 6) is -0.583. The second-order valence-electron chi connectivity index (χ2n) is 5.13. The van der Waals surface area contributed by atoms with Crippen LogP contribution in [0.2, 0.25) is 5.02 Å². The summed E-state index contributed by atoms with van der Waals surface area (Å²) in [4.78, 5) is 22.5. The predicted octanol–water partition coefficient (Wildman–Crippen LogP) is 2.94. The summed E-state index contributed by atoms with van der Waals surface area (Å²) in [6, 6.07) is 13.4. The van der Waals surface area contributed by atoms with Crippen LogP contribution in [-0.4, -0.2) is 30.0 Å². The lowest BCUT2D eigenvalue weighted by Crippen LogP contribution is -2.24. The van der Waals surface area contributed by atoms with Gasteiger partial charge >= 0.3 is 0 Å². The van der Waals surface area contributed by atoms with Crippen molar-refractivity contribution in [2.45, 2.75) is 12.5 Å². The molecule has 2 rings (SSSR count). The highest BCUT2D eigenvalue weighted by molar-refractivity contribution is 6.30. The Balaban J connectivity index is 1.84. The van der Waals surface area contributed by atoms with Gasteiger partial charge in [0.15, 0.2) is 0 Å². The molecule has 2 aromatic rings. The van der Waals surface area contributed by atoms with E-state index in [0.29, 0.717) is 29.2 Å². The highest BCUT2D eigenvalue weighted by Gasteiger charge is 2.08. The SMILES string of the molecule is O=CC(CCNc1ccc(Cl)cc1)Nc1ccc(C(=O)NO)cc1. The fraction of sp³-hybridized carbons (Fsp3) is 0.176. The average molecular weight is 348 g/mol. The molecule has 24 heavy (non-hydrogen) atoms. The number of carbonyl (C=O) groups is 2. The third-order valence-electron chi connectivity index (χ3n) is 3.39. The number of rotatable bonds is 8. The lowest BCUT2D eigenvalue weighted by atomic mass is 10.1. The topological polar surface area (TPSA) is 90.5 Å². The van der Waals surface area contributed by atoms with Crippen molar-refractivity contribution < 1.29 is 14.8 Å². The van der Waals surface area contributed by atoms with Crippen LogP contribution in [0.1, 0.15) is 16.8 Å². The number of anilines is 2. The van der Waals surface area contributed by atoms with E-state index in [1.165, 1.54) is 0 Å². The van der Waals surface area contributed by atoms with Gasteiger partial charge in [-0.2, -0.15) is 0 Å². The highest BCUT2D eigenvalue weighted by atomic mass is 35.5. The van der Waals surface area contributed by atoms with Crippen LogP contribution in [0.3, 0.4) is 0 Å². The number of benzene rings is 2. The lowest BCUT2D eigenvalue weighted by molar-refractivity contribution is -0.108. The van der Waals surface area contributed by atoms with Crippen LogP contribution in [0.25, 0.3) is 0 Å². The largest absolute Gasteiger partial charge is 0.385 e. The number of hydrogen-bond acceptors (Lipinski definition) is 5. The number of carbonyl (C=O) groups excluding carboxylic acids is 2. The molecule has 0 fully saturated rings. The molecule has 0 radical (unpaired) electrons. The molecule has 0 heterocycles. The number of hydrogen-bond donors (Lipinski definition) is 4. The van der Waals surface area contributed by atoms with E-state index < -0.39 is 5.91 Å². The van der Waals surface area contributed by atoms with Gasteiger partial charge in [-0.25, -0.2) is 5.48 Å². The zero-order valence-corrected chi connectivity index (χ0v) is 13.6. The molecule has 1 amide bonds. The molecule has 1 unspecified atom stereocenters. The van der Waals surface area contributed by atoms with Crippen LogP contribution in [0.5, 0.6) is 0 Å². The third-order valence-corrected chi connectivity index (χ3v) is 3.65. The minimum absolute atomic E-state index is 0.329. The predicted molar refractivity (Wildman–Crippen MR) is 93.7 cm³/mol. The first-order valence-electron chi connectivity index (χ1n) is 7.38. The molecule has 0 aromatic heterocycles. The van der Waals surface area contributed by atoms with Crippen LogP contribution < -0.4 is 16.1 Å². The zero-order valence-electron chi connectivity index (χ0n) is 12.8. The minimum Gasteiger partial charge on any atom is -0.385 e. The molecule has 6 nitrogen and oxygen atoms in total.